The molecule has 32 heavy (non-hydrogen) atoms. The third kappa shape index (κ3) is 5.36. The van der Waals surface area contributed by atoms with Crippen LogP contribution >= 0.6 is 11.6 Å². The van der Waals surface area contributed by atoms with Crippen molar-refractivity contribution in [3.63, 3.8) is 0 Å². The first-order chi connectivity index (χ1) is 15.2. The zero-order valence-corrected chi connectivity index (χ0v) is 20.3. The van der Waals surface area contributed by atoms with Crippen LogP contribution in [0.25, 0.3) is 0 Å². The summed E-state index contributed by atoms with van der Waals surface area (Å²) < 4.78 is 0. The van der Waals surface area contributed by atoms with Gasteiger partial charge in [-0.3, -0.25) is 9.59 Å². The Hall–Kier alpha value is -2.31. The first-order valence-electron chi connectivity index (χ1n) is 11.6. The molecule has 0 saturated heterocycles. The summed E-state index contributed by atoms with van der Waals surface area (Å²) in [5.41, 5.74) is 10.8. The Morgan fingerprint density at radius 3 is 2.44 bits per heavy atom. The van der Waals surface area contributed by atoms with E-state index in [-0.39, 0.29) is 24.1 Å². The van der Waals surface area contributed by atoms with Crippen molar-refractivity contribution in [3.8, 4) is 0 Å². The van der Waals surface area contributed by atoms with Crippen LogP contribution in [-0.4, -0.2) is 29.5 Å². The van der Waals surface area contributed by atoms with Gasteiger partial charge in [-0.05, 0) is 82.2 Å². The highest BCUT2D eigenvalue weighted by Crippen LogP contribution is 2.34. The number of hydrogen-bond donors (Lipinski definition) is 3. The Kier molecular flexibility index (Phi) is 8.01. The molecule has 0 atom stereocenters. The fraction of sp³-hybridized carbons (Fsp3) is 0.520. The number of benzene rings is 1. The van der Waals surface area contributed by atoms with E-state index >= 15 is 0 Å². The minimum absolute atomic E-state index is 0.169. The van der Waals surface area contributed by atoms with Crippen LogP contribution in [-0.2, 0) is 13.0 Å². The number of hydrogen-bond acceptors (Lipinski definition) is 4. The largest absolute Gasteiger partial charge is 0.369 e. The molecule has 6 nitrogen and oxygen atoms in total. The molecule has 1 aromatic carbocycles. The standard InChI is InChI=1S/C25H35ClN4O2/c1-5-20-21(24(31)28-14-22-15(3)11-16(4)29-25(22)32)12-17(26)13-23(20)30(6-2)19-9-7-18(27)8-10-19/h11-13,18-19H,5-10,14,27H2,1-4H3,(H,28,31)(H,29,32). The van der Waals surface area contributed by atoms with Crippen molar-refractivity contribution in [2.24, 2.45) is 5.73 Å². The summed E-state index contributed by atoms with van der Waals surface area (Å²) in [6.45, 7) is 8.94. The molecule has 3 rings (SSSR count). The molecule has 0 unspecified atom stereocenters. The number of rotatable bonds is 7. The molecule has 0 aliphatic heterocycles. The van der Waals surface area contributed by atoms with Crippen molar-refractivity contribution in [3.05, 3.63) is 61.5 Å². The number of H-pyrrole nitrogens is 1. The first kappa shape index (κ1) is 24.3. The number of carbonyl (C=O) groups excluding carboxylic acids is 1. The summed E-state index contributed by atoms with van der Waals surface area (Å²) >= 11 is 6.49. The second kappa shape index (κ2) is 10.5. The summed E-state index contributed by atoms with van der Waals surface area (Å²) in [5.74, 6) is -0.216. The average molecular weight is 459 g/mol. The fourth-order valence-corrected chi connectivity index (χ4v) is 5.07. The summed E-state index contributed by atoms with van der Waals surface area (Å²) in [7, 11) is 0. The van der Waals surface area contributed by atoms with Crippen LogP contribution in [0.3, 0.4) is 0 Å². The maximum atomic E-state index is 13.2. The first-order valence-corrected chi connectivity index (χ1v) is 11.9. The van der Waals surface area contributed by atoms with Crippen LogP contribution in [0.4, 0.5) is 5.69 Å². The van der Waals surface area contributed by atoms with Gasteiger partial charge in [0.15, 0.2) is 0 Å². The number of nitrogens with one attached hydrogen (secondary N) is 2. The monoisotopic (exact) mass is 458 g/mol. The van der Waals surface area contributed by atoms with E-state index in [2.05, 4.69) is 29.0 Å². The van der Waals surface area contributed by atoms with E-state index in [1.807, 2.05) is 26.0 Å². The molecular formula is C25H35ClN4O2. The maximum absolute atomic E-state index is 13.2. The van der Waals surface area contributed by atoms with Gasteiger partial charge in [0, 0.05) is 52.7 Å². The minimum Gasteiger partial charge on any atom is -0.369 e. The van der Waals surface area contributed by atoms with Crippen molar-refractivity contribution in [2.75, 3.05) is 11.4 Å². The van der Waals surface area contributed by atoms with E-state index in [1.165, 1.54) is 0 Å². The highest BCUT2D eigenvalue weighted by atomic mass is 35.5. The number of amides is 1. The zero-order valence-electron chi connectivity index (χ0n) is 19.6. The number of pyridine rings is 1. The molecular weight excluding hydrogens is 424 g/mol. The van der Waals surface area contributed by atoms with E-state index < -0.39 is 0 Å². The number of nitrogens with zero attached hydrogens (tertiary/aromatic N) is 1. The van der Waals surface area contributed by atoms with Gasteiger partial charge >= 0.3 is 0 Å². The van der Waals surface area contributed by atoms with Gasteiger partial charge in [-0.25, -0.2) is 0 Å². The Labute approximate surface area is 195 Å². The van der Waals surface area contributed by atoms with Crippen molar-refractivity contribution in [1.82, 2.24) is 10.3 Å². The lowest BCUT2D eigenvalue weighted by Crippen LogP contribution is -2.41. The second-order valence-corrected chi connectivity index (χ2v) is 9.22. The van der Waals surface area contributed by atoms with Crippen molar-refractivity contribution >= 4 is 23.2 Å². The highest BCUT2D eigenvalue weighted by Gasteiger charge is 2.27. The lowest BCUT2D eigenvalue weighted by atomic mass is 9.89. The molecule has 1 aliphatic rings. The molecule has 1 aromatic heterocycles. The predicted octanol–water partition coefficient (Wildman–Crippen LogP) is 4.23. The number of aryl methyl sites for hydroxylation is 2. The molecule has 0 spiro atoms. The Morgan fingerprint density at radius 1 is 1.16 bits per heavy atom. The van der Waals surface area contributed by atoms with Gasteiger partial charge in [-0.2, -0.15) is 0 Å². The van der Waals surface area contributed by atoms with E-state index in [0.717, 1.165) is 54.7 Å². The third-order valence-corrected chi connectivity index (χ3v) is 6.76. The molecule has 0 radical (unpaired) electrons. The van der Waals surface area contributed by atoms with Crippen LogP contribution in [0.2, 0.25) is 5.02 Å². The zero-order chi connectivity index (χ0) is 23.4. The van der Waals surface area contributed by atoms with E-state index in [9.17, 15) is 9.59 Å². The summed E-state index contributed by atoms with van der Waals surface area (Å²) in [4.78, 5) is 30.7. The van der Waals surface area contributed by atoms with Crippen LogP contribution in [0.5, 0.6) is 0 Å². The van der Waals surface area contributed by atoms with Crippen LogP contribution in [0.1, 0.15) is 72.3 Å². The molecule has 174 valence electrons. The molecule has 4 N–H and O–H groups in total. The smallest absolute Gasteiger partial charge is 0.253 e. The van der Waals surface area contributed by atoms with Crippen LogP contribution in [0.15, 0.2) is 23.0 Å². The lowest BCUT2D eigenvalue weighted by molar-refractivity contribution is 0.0950. The van der Waals surface area contributed by atoms with Crippen molar-refractivity contribution in [2.45, 2.75) is 78.4 Å². The molecule has 2 aromatic rings. The molecule has 1 amide bonds. The summed E-state index contributed by atoms with van der Waals surface area (Å²) in [5, 5.41) is 3.47. The van der Waals surface area contributed by atoms with E-state index in [1.54, 1.807) is 6.07 Å². The van der Waals surface area contributed by atoms with Gasteiger partial charge in [-0.1, -0.05) is 18.5 Å². The molecule has 1 heterocycles. The van der Waals surface area contributed by atoms with Gasteiger partial charge in [-0.15, -0.1) is 0 Å². The molecule has 1 fully saturated rings. The number of anilines is 1. The van der Waals surface area contributed by atoms with Gasteiger partial charge in [0.05, 0.1) is 0 Å². The fourth-order valence-electron chi connectivity index (χ4n) is 4.86. The number of aromatic amines is 1. The average Bonchev–Trinajstić information content (AvgIpc) is 2.74. The van der Waals surface area contributed by atoms with Gasteiger partial charge in [0.2, 0.25) is 0 Å². The topological polar surface area (TPSA) is 91.2 Å². The number of nitrogens with two attached hydrogens (primary N) is 1. The molecule has 1 saturated carbocycles. The quantitative estimate of drug-likeness (QED) is 0.578. The van der Waals surface area contributed by atoms with Crippen molar-refractivity contribution < 1.29 is 4.79 Å². The SMILES string of the molecule is CCc1c(C(=O)NCc2c(C)cc(C)[nH]c2=O)cc(Cl)cc1N(CC)C1CCC(N)CC1. The number of aromatic nitrogens is 1. The van der Waals surface area contributed by atoms with E-state index in [4.69, 9.17) is 17.3 Å². The van der Waals surface area contributed by atoms with Gasteiger partial charge < -0.3 is 20.9 Å². The van der Waals surface area contributed by atoms with Gasteiger partial charge in [0.25, 0.3) is 11.5 Å². The molecule has 1 aliphatic carbocycles. The maximum Gasteiger partial charge on any atom is 0.253 e. The Morgan fingerprint density at radius 2 is 1.84 bits per heavy atom. The summed E-state index contributed by atoms with van der Waals surface area (Å²) in [6.07, 6.45) is 4.83. The molecule has 7 heteroatoms. The highest BCUT2D eigenvalue weighted by molar-refractivity contribution is 6.31. The molecule has 0 bridgehead atoms. The Bertz CT molecular complexity index is 1030. The van der Waals surface area contributed by atoms with Crippen LogP contribution in [0, 0.1) is 13.8 Å². The Balaban J connectivity index is 1.89. The third-order valence-electron chi connectivity index (χ3n) is 6.54. The number of halogens is 1. The predicted molar refractivity (Wildman–Crippen MR) is 132 cm³/mol. The number of carbonyl (C=O) groups is 1. The lowest BCUT2D eigenvalue weighted by Gasteiger charge is -2.38. The van der Waals surface area contributed by atoms with Crippen molar-refractivity contribution in [1.29, 1.82) is 0 Å². The normalized spacial score (nSPS) is 18.4. The summed E-state index contributed by atoms with van der Waals surface area (Å²) in [6, 6.07) is 6.30. The van der Waals surface area contributed by atoms with E-state index in [0.29, 0.717) is 28.6 Å². The minimum atomic E-state index is -0.216. The second-order valence-electron chi connectivity index (χ2n) is 8.78. The van der Waals surface area contributed by atoms with Gasteiger partial charge in [0.1, 0.15) is 0 Å². The van der Waals surface area contributed by atoms with Crippen LogP contribution < -0.4 is 21.5 Å².